The molecule has 375 valence electrons. The number of rotatable bonds is 25. The number of fused-ring (bicyclic) bond motifs is 4. The van der Waals surface area contributed by atoms with Gasteiger partial charge in [-0.15, -0.1) is 0 Å². The molecule has 4 amide bonds. The van der Waals surface area contributed by atoms with Gasteiger partial charge in [0, 0.05) is 62.6 Å². The van der Waals surface area contributed by atoms with Gasteiger partial charge in [-0.3, -0.25) is 29.2 Å². The zero-order valence-electron chi connectivity index (χ0n) is 40.4. The van der Waals surface area contributed by atoms with Gasteiger partial charge in [0.1, 0.15) is 13.2 Å². The molecular weight excluding hydrogens is 913 g/mol. The lowest BCUT2D eigenvalue weighted by atomic mass is 10.1. The highest BCUT2D eigenvalue weighted by Gasteiger charge is 2.35. The van der Waals surface area contributed by atoms with Crippen LogP contribution < -0.4 is 29.6 Å². The lowest BCUT2D eigenvalue weighted by Crippen LogP contribution is -2.35. The van der Waals surface area contributed by atoms with E-state index in [0.29, 0.717) is 130 Å². The number of benzene rings is 3. The van der Waals surface area contributed by atoms with E-state index in [1.165, 1.54) is 14.2 Å². The van der Waals surface area contributed by atoms with E-state index in [2.05, 4.69) is 52.5 Å². The predicted molar refractivity (Wildman–Crippen MR) is 265 cm³/mol. The molecule has 0 unspecified atom stereocenters. The van der Waals surface area contributed by atoms with Crippen molar-refractivity contribution in [2.75, 3.05) is 93.3 Å². The summed E-state index contributed by atoms with van der Waals surface area (Å²) in [6.07, 6.45) is 5.24. The normalized spacial score (nSPS) is 16.5. The Labute approximate surface area is 414 Å². The molecule has 2 saturated heterocycles. The van der Waals surface area contributed by atoms with Crippen molar-refractivity contribution in [3.8, 4) is 34.8 Å². The molecule has 2 atom stereocenters. The molecule has 0 aliphatic carbocycles. The first-order valence-electron chi connectivity index (χ1n) is 23.5. The number of hydrogen-bond acceptors (Lipinski definition) is 14. The highest BCUT2D eigenvalue weighted by atomic mass is 16.6. The van der Waals surface area contributed by atoms with Gasteiger partial charge in [0.15, 0.2) is 23.0 Å². The van der Waals surface area contributed by atoms with Gasteiger partial charge >= 0.3 is 0 Å². The third-order valence-electron chi connectivity index (χ3n) is 11.7. The van der Waals surface area contributed by atoms with E-state index in [-0.39, 0.29) is 74.9 Å². The molecule has 3 aromatic rings. The number of nitrogens with one attached hydrogen (secondary N) is 2. The first-order chi connectivity index (χ1) is 34.5. The highest BCUT2D eigenvalue weighted by Crippen LogP contribution is 2.40. The Morgan fingerprint density at radius 2 is 1.14 bits per heavy atom. The minimum Gasteiger partial charge on any atom is -0.493 e. The monoisotopic (exact) mass is 973 g/mol. The van der Waals surface area contributed by atoms with Gasteiger partial charge in [-0.05, 0) is 61.2 Å². The van der Waals surface area contributed by atoms with Crippen LogP contribution in [0, 0.1) is 18.8 Å². The van der Waals surface area contributed by atoms with E-state index in [0.717, 1.165) is 22.3 Å². The van der Waals surface area contributed by atoms with Crippen molar-refractivity contribution in [2.24, 2.45) is 9.98 Å². The van der Waals surface area contributed by atoms with Gasteiger partial charge in [-0.1, -0.05) is 36.1 Å². The van der Waals surface area contributed by atoms with Crippen molar-refractivity contribution in [1.82, 2.24) is 20.4 Å². The van der Waals surface area contributed by atoms with Crippen LogP contribution in [0.5, 0.6) is 23.0 Å². The molecule has 0 saturated carbocycles. The summed E-state index contributed by atoms with van der Waals surface area (Å²) in [7, 11) is 3.04. The number of carbonyl (C=O) groups excluding carboxylic acids is 4. The predicted octanol–water partition coefficient (Wildman–Crippen LogP) is 5.10. The zero-order valence-corrected chi connectivity index (χ0v) is 40.4. The second-order valence-electron chi connectivity index (χ2n) is 17.0. The summed E-state index contributed by atoms with van der Waals surface area (Å²) in [5.41, 5.74) is 5.91. The SMILES string of the molecule is [CH2]CC(=O)NCCOCCOCCOCCOCCC(=O)NCC#Cc1cc(COc2cc3c(cc2OC)C(=O)N2CC(=C)C[C@H]2C=N3)cc(COc2cc3c(cc2OC)C(=O)N2CC(=C)C[C@H]2C=N3)c1. The van der Waals surface area contributed by atoms with Gasteiger partial charge in [0.05, 0.1) is 108 Å². The van der Waals surface area contributed by atoms with Crippen LogP contribution in [-0.4, -0.2) is 151 Å². The summed E-state index contributed by atoms with van der Waals surface area (Å²) in [5.74, 6) is 7.15. The standard InChI is InChI=1S/C53H61N6O12/c1-6-50(60)55-11-13-67-15-17-69-19-18-68-16-14-66-12-9-51(61)54-10-7-8-37-22-38(33-70-48-27-44-42(25-46(48)64-4)52(62)58-31-35(2)20-40(58)29-56-44)24-39(23-37)34-71-49-28-45-43(26-47(49)65-5)53(63)59-32-36(3)21-41(59)30-57-45/h22-30,40-41H,1-3,6,9-21,31-34H2,4-5H3,(H,54,61)(H,55,60)/t40-,41-/m0/s1. The maximum Gasteiger partial charge on any atom is 0.257 e. The van der Waals surface area contributed by atoms with Crippen LogP contribution in [0.1, 0.15) is 63.1 Å². The second kappa shape index (κ2) is 25.7. The van der Waals surface area contributed by atoms with Crippen molar-refractivity contribution in [3.05, 3.63) is 102 Å². The Balaban J connectivity index is 0.944. The molecule has 0 aromatic heterocycles. The molecule has 0 spiro atoms. The summed E-state index contributed by atoms with van der Waals surface area (Å²) < 4.78 is 46.0. The van der Waals surface area contributed by atoms with E-state index in [9.17, 15) is 19.2 Å². The van der Waals surface area contributed by atoms with E-state index in [1.807, 2.05) is 18.2 Å². The van der Waals surface area contributed by atoms with Gasteiger partial charge in [0.25, 0.3) is 11.8 Å². The molecule has 3 aromatic carbocycles. The number of carbonyl (C=O) groups is 4. The fraction of sp³-hybridized carbons (Fsp3) is 0.415. The largest absolute Gasteiger partial charge is 0.493 e. The lowest BCUT2D eigenvalue weighted by Gasteiger charge is -2.20. The molecule has 71 heavy (non-hydrogen) atoms. The molecule has 1 radical (unpaired) electrons. The Morgan fingerprint density at radius 3 is 1.63 bits per heavy atom. The highest BCUT2D eigenvalue weighted by molar-refractivity contribution is 6.05. The van der Waals surface area contributed by atoms with Gasteiger partial charge in [-0.2, -0.15) is 0 Å². The minimum atomic E-state index is -0.213. The first kappa shape index (κ1) is 51.8. The molecule has 0 bridgehead atoms. The molecule has 4 aliphatic heterocycles. The van der Waals surface area contributed by atoms with Crippen molar-refractivity contribution < 1.29 is 57.1 Å². The summed E-state index contributed by atoms with van der Waals surface area (Å²) in [6.45, 7) is 16.3. The van der Waals surface area contributed by atoms with E-state index in [4.69, 9.17) is 37.9 Å². The number of ether oxygens (including phenoxy) is 8. The Hall–Kier alpha value is -7.04. The second-order valence-corrected chi connectivity index (χ2v) is 17.0. The zero-order chi connectivity index (χ0) is 50.1. The van der Waals surface area contributed by atoms with Crippen LogP contribution >= 0.6 is 0 Å². The summed E-state index contributed by atoms with van der Waals surface area (Å²) in [5, 5.41) is 5.50. The number of aliphatic imine (C=N–C) groups is 2. The van der Waals surface area contributed by atoms with Gasteiger partial charge in [0.2, 0.25) is 11.8 Å². The Bertz CT molecular complexity index is 2450. The van der Waals surface area contributed by atoms with Crippen LogP contribution in [0.25, 0.3) is 0 Å². The fourth-order valence-electron chi connectivity index (χ4n) is 8.19. The molecule has 4 heterocycles. The number of amides is 4. The van der Waals surface area contributed by atoms with Crippen molar-refractivity contribution in [3.63, 3.8) is 0 Å². The molecule has 18 nitrogen and oxygen atoms in total. The summed E-state index contributed by atoms with van der Waals surface area (Å²) in [4.78, 5) is 63.7. The maximum absolute atomic E-state index is 13.6. The van der Waals surface area contributed by atoms with Crippen LogP contribution in [0.2, 0.25) is 0 Å². The van der Waals surface area contributed by atoms with Gasteiger partial charge < -0.3 is 58.3 Å². The average Bonchev–Trinajstić information content (AvgIpc) is 3.89. The quantitative estimate of drug-likeness (QED) is 0.0649. The number of hydrogen-bond donors (Lipinski definition) is 2. The lowest BCUT2D eigenvalue weighted by molar-refractivity contribution is -0.122. The molecular formula is C53H61N6O12. The summed E-state index contributed by atoms with van der Waals surface area (Å²) >= 11 is 0. The molecule has 2 fully saturated rings. The number of nitrogens with zero attached hydrogens (tertiary/aromatic N) is 4. The maximum atomic E-state index is 13.6. The molecule has 18 heteroatoms. The third-order valence-corrected chi connectivity index (χ3v) is 11.7. The third kappa shape index (κ3) is 14.3. The van der Waals surface area contributed by atoms with Crippen molar-refractivity contribution in [2.45, 2.75) is 51.0 Å². The molecule has 7 rings (SSSR count). The summed E-state index contributed by atoms with van der Waals surface area (Å²) in [6, 6.07) is 12.1. The Kier molecular flexibility index (Phi) is 18.8. The van der Waals surface area contributed by atoms with Gasteiger partial charge in [-0.25, -0.2) is 0 Å². The van der Waals surface area contributed by atoms with Crippen LogP contribution in [0.15, 0.2) is 76.8 Å². The smallest absolute Gasteiger partial charge is 0.257 e. The van der Waals surface area contributed by atoms with Crippen LogP contribution in [0.4, 0.5) is 11.4 Å². The van der Waals surface area contributed by atoms with Crippen molar-refractivity contribution >= 4 is 47.4 Å². The molecule has 4 aliphatic rings. The van der Waals surface area contributed by atoms with E-state index in [1.54, 1.807) is 46.5 Å². The van der Waals surface area contributed by atoms with Crippen LogP contribution in [-0.2, 0) is 41.8 Å². The number of methoxy groups -OCH3 is 2. The van der Waals surface area contributed by atoms with E-state index < -0.39 is 0 Å². The van der Waals surface area contributed by atoms with Crippen LogP contribution in [0.3, 0.4) is 0 Å². The Morgan fingerprint density at radius 1 is 0.648 bits per heavy atom. The topological polar surface area (TPSA) is 197 Å². The van der Waals surface area contributed by atoms with E-state index >= 15 is 0 Å². The average molecular weight is 974 g/mol. The van der Waals surface area contributed by atoms with Crippen molar-refractivity contribution in [1.29, 1.82) is 0 Å². The first-order valence-corrected chi connectivity index (χ1v) is 23.5. The molecule has 2 N–H and O–H groups in total. The fourth-order valence-corrected chi connectivity index (χ4v) is 8.19. The minimum absolute atomic E-state index is 0.0969.